The zero-order chi connectivity index (χ0) is 25.9. The van der Waals surface area contributed by atoms with Crippen LogP contribution in [0.2, 0.25) is 0 Å². The lowest BCUT2D eigenvalue weighted by Crippen LogP contribution is -2.50. The van der Waals surface area contributed by atoms with Gasteiger partial charge in [0.2, 0.25) is 5.91 Å². The number of ether oxygens (including phenoxy) is 2. The van der Waals surface area contributed by atoms with Crippen molar-refractivity contribution in [3.8, 4) is 11.8 Å². The average Bonchev–Trinajstić information content (AvgIpc) is 3.39. The van der Waals surface area contributed by atoms with Crippen molar-refractivity contribution in [1.82, 2.24) is 10.2 Å². The monoisotopic (exact) mass is 502 g/mol. The largest absolute Gasteiger partial charge is 0.495 e. The number of carbonyl (C=O) groups excluding carboxylic acids is 2. The molecule has 0 unspecified atom stereocenters. The molecule has 2 amide bonds. The number of nitrogens with one attached hydrogen (secondary N) is 2. The molecule has 5 rings (SSSR count). The second-order valence-corrected chi connectivity index (χ2v) is 10.2. The Morgan fingerprint density at radius 3 is 2.73 bits per heavy atom. The van der Waals surface area contributed by atoms with Crippen molar-refractivity contribution >= 4 is 17.5 Å². The van der Waals surface area contributed by atoms with E-state index >= 15 is 0 Å². The molecule has 2 aliphatic heterocycles. The maximum absolute atomic E-state index is 14.1. The third-order valence-electron chi connectivity index (χ3n) is 8.19. The molecule has 1 saturated heterocycles. The van der Waals surface area contributed by atoms with Crippen molar-refractivity contribution in [2.45, 2.75) is 50.2 Å². The van der Waals surface area contributed by atoms with Gasteiger partial charge in [-0.3, -0.25) is 9.59 Å². The van der Waals surface area contributed by atoms with Crippen LogP contribution in [0, 0.1) is 23.2 Å². The van der Waals surface area contributed by atoms with Gasteiger partial charge in [-0.15, -0.1) is 0 Å². The summed E-state index contributed by atoms with van der Waals surface area (Å²) in [5.74, 6) is 0.294. The summed E-state index contributed by atoms with van der Waals surface area (Å²) in [4.78, 5) is 29.3. The highest BCUT2D eigenvalue weighted by molar-refractivity contribution is 5.95. The molecule has 8 heteroatoms. The lowest BCUT2D eigenvalue weighted by molar-refractivity contribution is -0.139. The predicted octanol–water partition coefficient (Wildman–Crippen LogP) is 3.89. The van der Waals surface area contributed by atoms with Crippen molar-refractivity contribution in [2.24, 2.45) is 11.8 Å². The first-order valence-corrected chi connectivity index (χ1v) is 13.1. The molecule has 2 heterocycles. The van der Waals surface area contributed by atoms with E-state index in [1.807, 2.05) is 12.1 Å². The Hall–Kier alpha value is -3.57. The second kappa shape index (κ2) is 10.8. The van der Waals surface area contributed by atoms with E-state index in [9.17, 15) is 14.9 Å². The molecule has 0 aromatic heterocycles. The van der Waals surface area contributed by atoms with Crippen molar-refractivity contribution in [2.75, 3.05) is 32.7 Å². The number of fused-ring (bicyclic) bond motifs is 3. The fraction of sp³-hybridized carbons (Fsp3) is 0.483. The molecule has 0 radical (unpaired) electrons. The lowest BCUT2D eigenvalue weighted by atomic mass is 9.81. The fourth-order valence-electron chi connectivity index (χ4n) is 6.42. The van der Waals surface area contributed by atoms with Crippen molar-refractivity contribution < 1.29 is 19.1 Å². The Morgan fingerprint density at radius 2 is 1.95 bits per heavy atom. The lowest BCUT2D eigenvalue weighted by Gasteiger charge is -2.41. The Balaban J connectivity index is 1.37. The molecule has 2 N–H and O–H groups in total. The number of hydrogen-bond acceptors (Lipinski definition) is 6. The minimum atomic E-state index is -0.270. The summed E-state index contributed by atoms with van der Waals surface area (Å²) in [7, 11) is 3.21. The van der Waals surface area contributed by atoms with Gasteiger partial charge >= 0.3 is 0 Å². The summed E-state index contributed by atoms with van der Waals surface area (Å²) in [5, 5.41) is 16.2. The number of carbonyl (C=O) groups is 2. The number of anilines is 1. The third-order valence-corrected chi connectivity index (χ3v) is 8.19. The van der Waals surface area contributed by atoms with E-state index in [0.29, 0.717) is 30.0 Å². The van der Waals surface area contributed by atoms with Gasteiger partial charge in [0.15, 0.2) is 0 Å². The summed E-state index contributed by atoms with van der Waals surface area (Å²) in [6.07, 6.45) is 4.37. The van der Waals surface area contributed by atoms with E-state index in [1.54, 1.807) is 25.3 Å². The summed E-state index contributed by atoms with van der Waals surface area (Å²) in [5.41, 5.74) is 2.92. The van der Waals surface area contributed by atoms with E-state index in [4.69, 9.17) is 9.47 Å². The first-order chi connectivity index (χ1) is 18.0. The van der Waals surface area contributed by atoms with Gasteiger partial charge in [0.05, 0.1) is 37.3 Å². The Kier molecular flexibility index (Phi) is 7.33. The van der Waals surface area contributed by atoms with Crippen molar-refractivity contribution in [3.05, 3.63) is 59.2 Å². The minimum Gasteiger partial charge on any atom is -0.495 e. The van der Waals surface area contributed by atoms with Gasteiger partial charge in [0.1, 0.15) is 11.8 Å². The number of benzene rings is 2. The number of amides is 2. The van der Waals surface area contributed by atoms with Gasteiger partial charge in [-0.2, -0.15) is 5.26 Å². The smallest absolute Gasteiger partial charge is 0.251 e. The van der Waals surface area contributed by atoms with E-state index in [0.717, 1.165) is 43.4 Å². The van der Waals surface area contributed by atoms with Gasteiger partial charge in [0.25, 0.3) is 5.91 Å². The Labute approximate surface area is 217 Å². The highest BCUT2D eigenvalue weighted by atomic mass is 16.5. The normalized spacial score (nSPS) is 26.3. The van der Waals surface area contributed by atoms with Crippen LogP contribution in [0.25, 0.3) is 0 Å². The number of para-hydroxylation sites is 1. The quantitative estimate of drug-likeness (QED) is 0.621. The molecule has 194 valence electrons. The highest BCUT2D eigenvalue weighted by Gasteiger charge is 2.48. The van der Waals surface area contributed by atoms with Gasteiger partial charge in [-0.1, -0.05) is 31.0 Å². The van der Waals surface area contributed by atoms with Gasteiger partial charge in [0, 0.05) is 36.9 Å². The Morgan fingerprint density at radius 1 is 1.14 bits per heavy atom. The molecule has 1 aliphatic carbocycles. The molecule has 37 heavy (non-hydrogen) atoms. The van der Waals surface area contributed by atoms with Crippen LogP contribution in [0.1, 0.15) is 59.6 Å². The fourth-order valence-corrected chi connectivity index (χ4v) is 6.42. The van der Waals surface area contributed by atoms with Crippen LogP contribution in [-0.4, -0.2) is 56.2 Å². The summed E-state index contributed by atoms with van der Waals surface area (Å²) in [6.45, 7) is 1.29. The number of nitrogens with zero attached hydrogens (tertiary/aromatic N) is 2. The zero-order valence-corrected chi connectivity index (χ0v) is 21.4. The van der Waals surface area contributed by atoms with E-state index in [1.165, 1.54) is 7.11 Å². The molecule has 2 aromatic rings. The van der Waals surface area contributed by atoms with Crippen molar-refractivity contribution in [3.63, 3.8) is 0 Å². The van der Waals surface area contributed by atoms with Crippen LogP contribution in [0.3, 0.4) is 0 Å². The van der Waals surface area contributed by atoms with Crippen LogP contribution in [0.4, 0.5) is 5.69 Å². The minimum absolute atomic E-state index is 0.00292. The number of likely N-dealkylation sites (tertiary alicyclic amines) is 1. The molecular formula is C29H34N4O4. The first-order valence-electron chi connectivity index (χ1n) is 13.1. The maximum atomic E-state index is 14.1. The van der Waals surface area contributed by atoms with E-state index < -0.39 is 0 Å². The Bertz CT molecular complexity index is 1210. The van der Waals surface area contributed by atoms with Gasteiger partial charge in [-0.25, -0.2) is 0 Å². The first kappa shape index (κ1) is 25.1. The molecular weight excluding hydrogens is 468 g/mol. The standard InChI is InChI=1S/C29H34N4O4/c1-36-17-25-21-13-14-33(27(21)20-7-3-5-9-23(20)31-25)29(35)22-8-4-6-10-24(22)32-28(34)18-11-12-26(37-2)19(15-18)16-30/h3,5,7,9,11-12,15,21-22,24-25,27,31H,4,6,8,10,13-14,17H2,1-2H3,(H,32,34)/t21-,22-,24+,25-,27-/m0/s1. The van der Waals surface area contributed by atoms with Gasteiger partial charge < -0.3 is 25.0 Å². The number of rotatable bonds is 6. The van der Waals surface area contributed by atoms with Crippen LogP contribution < -0.4 is 15.4 Å². The van der Waals surface area contributed by atoms with Crippen LogP contribution in [0.5, 0.6) is 5.75 Å². The van der Waals surface area contributed by atoms with Crippen molar-refractivity contribution in [1.29, 1.82) is 5.26 Å². The molecule has 2 aromatic carbocycles. The number of nitriles is 1. The molecule has 0 bridgehead atoms. The third kappa shape index (κ3) is 4.76. The highest BCUT2D eigenvalue weighted by Crippen LogP contribution is 2.47. The number of hydrogen-bond donors (Lipinski definition) is 2. The van der Waals surface area contributed by atoms with Gasteiger partial charge in [-0.05, 0) is 49.1 Å². The second-order valence-electron chi connectivity index (χ2n) is 10.2. The molecule has 8 nitrogen and oxygen atoms in total. The summed E-state index contributed by atoms with van der Waals surface area (Å²) in [6, 6.07) is 15.0. The number of methoxy groups -OCH3 is 2. The van der Waals surface area contributed by atoms with E-state index in [-0.39, 0.29) is 41.8 Å². The van der Waals surface area contributed by atoms with E-state index in [2.05, 4.69) is 33.7 Å². The molecule has 0 spiro atoms. The molecule has 3 aliphatic rings. The topological polar surface area (TPSA) is 104 Å². The molecule has 5 atom stereocenters. The SMILES string of the molecule is COC[C@@H]1Nc2ccccc2[C@H]2[C@H]1CCN2C(=O)[C@H]1CCCC[C@H]1NC(=O)c1ccc(OC)c(C#N)c1. The zero-order valence-electron chi connectivity index (χ0n) is 21.4. The molecule has 2 fully saturated rings. The predicted molar refractivity (Wildman–Crippen MR) is 139 cm³/mol. The summed E-state index contributed by atoms with van der Waals surface area (Å²) < 4.78 is 10.7. The maximum Gasteiger partial charge on any atom is 0.251 e. The average molecular weight is 503 g/mol. The summed E-state index contributed by atoms with van der Waals surface area (Å²) >= 11 is 0. The van der Waals surface area contributed by atoms with Crippen LogP contribution >= 0.6 is 0 Å². The molecule has 1 saturated carbocycles. The van der Waals surface area contributed by atoms with Crippen LogP contribution in [-0.2, 0) is 9.53 Å². The van der Waals surface area contributed by atoms with Crippen LogP contribution in [0.15, 0.2) is 42.5 Å².